The van der Waals surface area contributed by atoms with Gasteiger partial charge in [-0.05, 0) is 25.1 Å². The van der Waals surface area contributed by atoms with Crippen LogP contribution in [-0.4, -0.2) is 30.1 Å². The maximum Gasteiger partial charge on any atom is 0.176 e. The summed E-state index contributed by atoms with van der Waals surface area (Å²) in [7, 11) is 3.20. The number of hydrazone groups is 1. The lowest BCUT2D eigenvalue weighted by atomic mass is 10.1. The second kappa shape index (κ2) is 7.36. The fourth-order valence-corrected chi connectivity index (χ4v) is 2.62. The average molecular weight is 357 g/mol. The SMILES string of the molecule is COc1ccc(C(C)=NNc2nnc(Cl)c3ccccc23)cc1OC. The normalized spacial score (nSPS) is 11.4. The Hall–Kier alpha value is -2.86. The van der Waals surface area contributed by atoms with Crippen LogP contribution in [0, 0.1) is 0 Å². The first-order chi connectivity index (χ1) is 12.1. The summed E-state index contributed by atoms with van der Waals surface area (Å²) >= 11 is 6.09. The van der Waals surface area contributed by atoms with Gasteiger partial charge in [0.15, 0.2) is 22.5 Å². The molecule has 0 aliphatic rings. The summed E-state index contributed by atoms with van der Waals surface area (Å²) in [6, 6.07) is 13.2. The Kier molecular flexibility index (Phi) is 5.00. The molecular formula is C18H17ClN4O2. The summed E-state index contributed by atoms with van der Waals surface area (Å²) in [4.78, 5) is 0. The first-order valence-electron chi connectivity index (χ1n) is 7.57. The van der Waals surface area contributed by atoms with E-state index in [0.29, 0.717) is 22.5 Å². The van der Waals surface area contributed by atoms with Crippen LogP contribution in [-0.2, 0) is 0 Å². The molecule has 128 valence electrons. The highest BCUT2D eigenvalue weighted by atomic mass is 35.5. The van der Waals surface area contributed by atoms with E-state index in [1.165, 1.54) is 0 Å². The van der Waals surface area contributed by atoms with Crippen LogP contribution in [0.15, 0.2) is 47.6 Å². The van der Waals surface area contributed by atoms with E-state index >= 15 is 0 Å². The van der Waals surface area contributed by atoms with Crippen molar-refractivity contribution >= 4 is 33.9 Å². The number of aromatic nitrogens is 2. The third-order valence-corrected chi connectivity index (χ3v) is 4.05. The smallest absolute Gasteiger partial charge is 0.176 e. The summed E-state index contributed by atoms with van der Waals surface area (Å²) in [6.45, 7) is 1.89. The van der Waals surface area contributed by atoms with E-state index in [2.05, 4.69) is 20.7 Å². The molecule has 6 nitrogen and oxygen atoms in total. The molecule has 0 spiro atoms. The maximum absolute atomic E-state index is 6.09. The molecule has 1 heterocycles. The van der Waals surface area contributed by atoms with Crippen LogP contribution in [0.1, 0.15) is 12.5 Å². The first-order valence-corrected chi connectivity index (χ1v) is 7.95. The van der Waals surface area contributed by atoms with Gasteiger partial charge in [-0.1, -0.05) is 35.9 Å². The van der Waals surface area contributed by atoms with Crippen LogP contribution in [0.4, 0.5) is 5.82 Å². The van der Waals surface area contributed by atoms with Gasteiger partial charge in [-0.25, -0.2) is 0 Å². The number of nitrogens with one attached hydrogen (secondary N) is 1. The predicted molar refractivity (Wildman–Crippen MR) is 99.9 cm³/mol. The van der Waals surface area contributed by atoms with E-state index in [9.17, 15) is 0 Å². The summed E-state index contributed by atoms with van der Waals surface area (Å²) in [6.07, 6.45) is 0. The van der Waals surface area contributed by atoms with Crippen molar-refractivity contribution < 1.29 is 9.47 Å². The molecule has 25 heavy (non-hydrogen) atoms. The fourth-order valence-electron chi connectivity index (χ4n) is 2.42. The summed E-state index contributed by atoms with van der Waals surface area (Å²) in [5.41, 5.74) is 4.63. The Morgan fingerprint density at radius 2 is 1.72 bits per heavy atom. The number of hydrogen-bond acceptors (Lipinski definition) is 6. The van der Waals surface area contributed by atoms with Gasteiger partial charge in [0, 0.05) is 16.3 Å². The van der Waals surface area contributed by atoms with Crippen molar-refractivity contribution in [2.45, 2.75) is 6.92 Å². The van der Waals surface area contributed by atoms with Crippen LogP contribution >= 0.6 is 11.6 Å². The molecule has 7 heteroatoms. The van der Waals surface area contributed by atoms with Gasteiger partial charge in [0.2, 0.25) is 0 Å². The second-order valence-corrected chi connectivity index (χ2v) is 5.62. The molecule has 0 aliphatic heterocycles. The van der Waals surface area contributed by atoms with Crippen LogP contribution < -0.4 is 14.9 Å². The minimum Gasteiger partial charge on any atom is -0.493 e. The first kappa shape index (κ1) is 17.0. The summed E-state index contributed by atoms with van der Waals surface area (Å²) < 4.78 is 10.6. The van der Waals surface area contributed by atoms with Crippen LogP contribution in [0.5, 0.6) is 11.5 Å². The van der Waals surface area contributed by atoms with Crippen LogP contribution in [0.2, 0.25) is 5.15 Å². The number of rotatable bonds is 5. The third-order valence-electron chi connectivity index (χ3n) is 3.77. The number of ether oxygens (including phenoxy) is 2. The van der Waals surface area contributed by atoms with Gasteiger partial charge in [0.25, 0.3) is 0 Å². The lowest BCUT2D eigenvalue weighted by molar-refractivity contribution is 0.355. The Morgan fingerprint density at radius 1 is 1.00 bits per heavy atom. The van der Waals surface area contributed by atoms with E-state index in [1.54, 1.807) is 14.2 Å². The van der Waals surface area contributed by atoms with Crippen molar-refractivity contribution in [3.63, 3.8) is 0 Å². The fraction of sp³-hybridized carbons (Fsp3) is 0.167. The number of anilines is 1. The van der Waals surface area contributed by atoms with Gasteiger partial charge < -0.3 is 9.47 Å². The van der Waals surface area contributed by atoms with E-state index in [-0.39, 0.29) is 0 Å². The Bertz CT molecular complexity index is 944. The molecule has 1 N–H and O–H groups in total. The van der Waals surface area contributed by atoms with Crippen molar-refractivity contribution in [1.82, 2.24) is 10.2 Å². The van der Waals surface area contributed by atoms with E-state index < -0.39 is 0 Å². The molecule has 3 rings (SSSR count). The summed E-state index contributed by atoms with van der Waals surface area (Å²) in [5, 5.41) is 14.5. The molecule has 0 radical (unpaired) electrons. The van der Waals surface area contributed by atoms with Gasteiger partial charge in [0.05, 0.1) is 19.9 Å². The van der Waals surface area contributed by atoms with Crippen molar-refractivity contribution in [2.75, 3.05) is 19.6 Å². The average Bonchev–Trinajstić information content (AvgIpc) is 2.67. The highest BCUT2D eigenvalue weighted by molar-refractivity contribution is 6.34. The number of halogens is 1. The molecule has 2 aromatic carbocycles. The lowest BCUT2D eigenvalue weighted by Crippen LogP contribution is -2.03. The highest BCUT2D eigenvalue weighted by Crippen LogP contribution is 2.28. The molecule has 3 aromatic rings. The van der Waals surface area contributed by atoms with E-state index in [1.807, 2.05) is 49.4 Å². The molecular weight excluding hydrogens is 340 g/mol. The van der Waals surface area contributed by atoms with Crippen LogP contribution in [0.3, 0.4) is 0 Å². The molecule has 0 unspecified atom stereocenters. The molecule has 0 amide bonds. The number of benzene rings is 2. The quantitative estimate of drug-likeness (QED) is 0.549. The zero-order valence-electron chi connectivity index (χ0n) is 14.1. The van der Waals surface area contributed by atoms with Gasteiger partial charge in [-0.2, -0.15) is 5.10 Å². The number of methoxy groups -OCH3 is 2. The molecule has 0 aliphatic carbocycles. The molecule has 0 fully saturated rings. The van der Waals surface area contributed by atoms with Gasteiger partial charge in [-0.15, -0.1) is 10.2 Å². The van der Waals surface area contributed by atoms with E-state index in [0.717, 1.165) is 22.0 Å². The topological polar surface area (TPSA) is 68.6 Å². The third kappa shape index (κ3) is 3.49. The van der Waals surface area contributed by atoms with Crippen molar-refractivity contribution in [3.05, 3.63) is 53.2 Å². The molecule has 0 saturated heterocycles. The number of hydrogen-bond donors (Lipinski definition) is 1. The van der Waals surface area contributed by atoms with Gasteiger partial charge in [-0.3, -0.25) is 5.43 Å². The summed E-state index contributed by atoms with van der Waals surface area (Å²) in [5.74, 6) is 1.85. The number of nitrogens with zero attached hydrogens (tertiary/aromatic N) is 3. The molecule has 0 atom stereocenters. The molecule has 0 bridgehead atoms. The van der Waals surface area contributed by atoms with E-state index in [4.69, 9.17) is 21.1 Å². The second-order valence-electron chi connectivity index (χ2n) is 5.26. The zero-order valence-corrected chi connectivity index (χ0v) is 14.8. The minimum absolute atomic E-state index is 0.363. The standard InChI is InChI=1S/C18H17ClN4O2/c1-11(12-8-9-15(24-2)16(10-12)25-3)20-22-18-14-7-5-4-6-13(14)17(19)21-23-18/h4-10H,1-3H3,(H,22,23). The highest BCUT2D eigenvalue weighted by Gasteiger charge is 2.09. The van der Waals surface area contributed by atoms with Crippen LogP contribution in [0.25, 0.3) is 10.8 Å². The molecule has 1 aromatic heterocycles. The Balaban J connectivity index is 1.91. The Labute approximate surface area is 150 Å². The predicted octanol–water partition coefficient (Wildman–Crippen LogP) is 4.14. The number of fused-ring (bicyclic) bond motifs is 1. The lowest BCUT2D eigenvalue weighted by Gasteiger charge is -2.10. The maximum atomic E-state index is 6.09. The van der Waals surface area contributed by atoms with Crippen molar-refractivity contribution in [2.24, 2.45) is 5.10 Å². The monoisotopic (exact) mass is 356 g/mol. The largest absolute Gasteiger partial charge is 0.493 e. The minimum atomic E-state index is 0.363. The van der Waals surface area contributed by atoms with Gasteiger partial charge >= 0.3 is 0 Å². The van der Waals surface area contributed by atoms with Crippen molar-refractivity contribution in [1.29, 1.82) is 0 Å². The Morgan fingerprint density at radius 3 is 2.44 bits per heavy atom. The van der Waals surface area contributed by atoms with Crippen molar-refractivity contribution in [3.8, 4) is 11.5 Å². The zero-order chi connectivity index (χ0) is 17.8. The molecule has 0 saturated carbocycles. The van der Waals surface area contributed by atoms with Gasteiger partial charge in [0.1, 0.15) is 0 Å².